The van der Waals surface area contributed by atoms with Crippen molar-refractivity contribution in [1.29, 1.82) is 5.26 Å². The zero-order chi connectivity index (χ0) is 14.3. The Morgan fingerprint density at radius 2 is 2.32 bits per heavy atom. The number of rotatable bonds is 7. The van der Waals surface area contributed by atoms with Crippen LogP contribution in [0.2, 0.25) is 0 Å². The Balaban J connectivity index is 3.10. The summed E-state index contributed by atoms with van der Waals surface area (Å²) in [6.07, 6.45) is 1.81. The Hall–Kier alpha value is -2.20. The fourth-order valence-electron chi connectivity index (χ4n) is 1.70. The number of nitro groups is 1. The van der Waals surface area contributed by atoms with Gasteiger partial charge in [0.15, 0.2) is 0 Å². The van der Waals surface area contributed by atoms with E-state index in [4.69, 9.17) is 10.00 Å². The van der Waals surface area contributed by atoms with E-state index in [0.717, 1.165) is 0 Å². The molecule has 0 bridgehead atoms. The second-order valence-electron chi connectivity index (χ2n) is 3.95. The number of nitrogens with zero attached hydrogens (tertiary/aromatic N) is 4. The number of hydrogen-bond donors (Lipinski definition) is 0. The van der Waals surface area contributed by atoms with Gasteiger partial charge in [0.2, 0.25) is 5.82 Å². The summed E-state index contributed by atoms with van der Waals surface area (Å²) in [4.78, 5) is 16.5. The van der Waals surface area contributed by atoms with Crippen molar-refractivity contribution in [2.24, 2.45) is 0 Å². The number of nitriles is 1. The van der Waals surface area contributed by atoms with Gasteiger partial charge in [0.1, 0.15) is 0 Å². The zero-order valence-corrected chi connectivity index (χ0v) is 11.0. The van der Waals surface area contributed by atoms with E-state index in [0.29, 0.717) is 25.3 Å². The molecule has 0 aromatic carbocycles. The van der Waals surface area contributed by atoms with Crippen LogP contribution in [0.1, 0.15) is 12.0 Å². The molecule has 0 saturated heterocycles. The highest BCUT2D eigenvalue weighted by Gasteiger charge is 2.23. The molecule has 0 aliphatic carbocycles. The lowest BCUT2D eigenvalue weighted by atomic mass is 10.2. The highest BCUT2D eigenvalue weighted by molar-refractivity contribution is 5.61. The summed E-state index contributed by atoms with van der Waals surface area (Å²) in [5.41, 5.74) is 0.533. The van der Waals surface area contributed by atoms with Crippen molar-refractivity contribution >= 4 is 11.5 Å². The molecule has 1 aromatic rings. The van der Waals surface area contributed by atoms with Gasteiger partial charge in [-0.15, -0.1) is 0 Å². The van der Waals surface area contributed by atoms with Gasteiger partial charge in [0.25, 0.3) is 0 Å². The van der Waals surface area contributed by atoms with E-state index in [1.54, 1.807) is 25.0 Å². The summed E-state index contributed by atoms with van der Waals surface area (Å²) in [5.74, 6) is 0.289. The van der Waals surface area contributed by atoms with Crippen molar-refractivity contribution in [2.45, 2.75) is 13.3 Å². The largest absolute Gasteiger partial charge is 0.383 e. The Morgan fingerprint density at radius 3 is 2.89 bits per heavy atom. The predicted molar refractivity (Wildman–Crippen MR) is 69.9 cm³/mol. The van der Waals surface area contributed by atoms with Crippen molar-refractivity contribution in [3.63, 3.8) is 0 Å². The normalized spacial score (nSPS) is 9.95. The molecule has 7 nitrogen and oxygen atoms in total. The summed E-state index contributed by atoms with van der Waals surface area (Å²) in [7, 11) is 1.56. The second-order valence-corrected chi connectivity index (χ2v) is 3.95. The van der Waals surface area contributed by atoms with Crippen molar-refractivity contribution < 1.29 is 9.66 Å². The first-order valence-electron chi connectivity index (χ1n) is 5.82. The number of pyridine rings is 1. The van der Waals surface area contributed by atoms with Gasteiger partial charge in [-0.1, -0.05) is 0 Å². The monoisotopic (exact) mass is 264 g/mol. The van der Waals surface area contributed by atoms with Crippen molar-refractivity contribution in [2.75, 3.05) is 31.7 Å². The van der Waals surface area contributed by atoms with Crippen LogP contribution in [0.3, 0.4) is 0 Å². The SMILES string of the molecule is COCCN(CCC#N)c1nccc(C)c1[N+](=O)[O-]. The number of aromatic nitrogens is 1. The lowest BCUT2D eigenvalue weighted by Gasteiger charge is -2.22. The maximum atomic E-state index is 11.1. The Labute approximate surface area is 111 Å². The van der Waals surface area contributed by atoms with Crippen LogP contribution >= 0.6 is 0 Å². The zero-order valence-electron chi connectivity index (χ0n) is 11.0. The molecule has 1 heterocycles. The molecule has 0 amide bonds. The molecule has 0 spiro atoms. The third-order valence-corrected chi connectivity index (χ3v) is 2.65. The fraction of sp³-hybridized carbons (Fsp3) is 0.500. The first-order chi connectivity index (χ1) is 9.11. The van der Waals surface area contributed by atoms with Gasteiger partial charge in [0.05, 0.1) is 24.0 Å². The van der Waals surface area contributed by atoms with E-state index in [2.05, 4.69) is 4.98 Å². The number of ether oxygens (including phenoxy) is 1. The lowest BCUT2D eigenvalue weighted by Crippen LogP contribution is -2.29. The minimum Gasteiger partial charge on any atom is -0.383 e. The van der Waals surface area contributed by atoms with Gasteiger partial charge in [-0.2, -0.15) is 5.26 Å². The van der Waals surface area contributed by atoms with E-state index in [1.807, 2.05) is 6.07 Å². The van der Waals surface area contributed by atoms with Gasteiger partial charge < -0.3 is 9.64 Å². The standard InChI is InChI=1S/C12H16N4O3/c1-10-4-6-14-12(11(10)16(17)18)15(7-3-5-13)8-9-19-2/h4,6H,3,7-9H2,1-2H3. The molecule has 19 heavy (non-hydrogen) atoms. The summed E-state index contributed by atoms with van der Waals surface area (Å²) >= 11 is 0. The molecule has 1 aromatic heterocycles. The summed E-state index contributed by atoms with van der Waals surface area (Å²) in [6.45, 7) is 2.92. The first kappa shape index (κ1) is 14.9. The molecule has 0 fully saturated rings. The quantitative estimate of drug-likeness (QED) is 0.549. The van der Waals surface area contributed by atoms with Crippen LogP contribution in [0.15, 0.2) is 12.3 Å². The molecule has 0 aliphatic heterocycles. The van der Waals surface area contributed by atoms with E-state index < -0.39 is 4.92 Å². The highest BCUT2D eigenvalue weighted by Crippen LogP contribution is 2.28. The molecule has 0 N–H and O–H groups in total. The van der Waals surface area contributed by atoms with Crippen LogP contribution < -0.4 is 4.90 Å². The van der Waals surface area contributed by atoms with Gasteiger partial charge in [-0.25, -0.2) is 4.98 Å². The smallest absolute Gasteiger partial charge is 0.314 e. The molecule has 0 aliphatic rings. The minimum absolute atomic E-state index is 0.0171. The molecule has 7 heteroatoms. The van der Waals surface area contributed by atoms with Crippen LogP contribution in [-0.2, 0) is 4.74 Å². The van der Waals surface area contributed by atoms with Gasteiger partial charge in [0, 0.05) is 32.0 Å². The Kier molecular flexibility index (Phi) is 5.70. The van der Waals surface area contributed by atoms with Crippen molar-refractivity contribution in [3.8, 4) is 6.07 Å². The van der Waals surface area contributed by atoms with E-state index in [1.165, 1.54) is 6.20 Å². The van der Waals surface area contributed by atoms with Crippen LogP contribution in [0.25, 0.3) is 0 Å². The maximum absolute atomic E-state index is 11.1. The molecule has 0 atom stereocenters. The van der Waals surface area contributed by atoms with E-state index in [9.17, 15) is 10.1 Å². The maximum Gasteiger partial charge on any atom is 0.314 e. The molecular weight excluding hydrogens is 248 g/mol. The van der Waals surface area contributed by atoms with E-state index in [-0.39, 0.29) is 17.9 Å². The highest BCUT2D eigenvalue weighted by atomic mass is 16.6. The summed E-state index contributed by atoms with van der Waals surface area (Å²) < 4.78 is 4.98. The summed E-state index contributed by atoms with van der Waals surface area (Å²) in [6, 6.07) is 3.63. The number of anilines is 1. The number of methoxy groups -OCH3 is 1. The molecule has 1 rings (SSSR count). The van der Waals surface area contributed by atoms with Crippen molar-refractivity contribution in [1.82, 2.24) is 4.98 Å². The van der Waals surface area contributed by atoms with Crippen LogP contribution in [-0.4, -0.2) is 36.7 Å². The van der Waals surface area contributed by atoms with Gasteiger partial charge in [-0.05, 0) is 13.0 Å². The fourth-order valence-corrected chi connectivity index (χ4v) is 1.70. The van der Waals surface area contributed by atoms with Gasteiger partial charge >= 0.3 is 5.69 Å². The average molecular weight is 264 g/mol. The lowest BCUT2D eigenvalue weighted by molar-refractivity contribution is -0.384. The predicted octanol–water partition coefficient (Wildman–Crippen LogP) is 1.66. The topological polar surface area (TPSA) is 92.3 Å². The molecule has 0 radical (unpaired) electrons. The molecule has 0 saturated carbocycles. The minimum atomic E-state index is -0.441. The first-order valence-corrected chi connectivity index (χ1v) is 5.82. The number of aryl methyl sites for hydroxylation is 1. The van der Waals surface area contributed by atoms with Gasteiger partial charge in [-0.3, -0.25) is 10.1 Å². The van der Waals surface area contributed by atoms with Crippen LogP contribution in [0.4, 0.5) is 11.5 Å². The summed E-state index contributed by atoms with van der Waals surface area (Å²) in [5, 5.41) is 19.8. The van der Waals surface area contributed by atoms with E-state index >= 15 is 0 Å². The number of hydrogen-bond acceptors (Lipinski definition) is 6. The van der Waals surface area contributed by atoms with Crippen LogP contribution in [0.5, 0.6) is 0 Å². The Bertz CT molecular complexity index is 484. The molecular formula is C12H16N4O3. The average Bonchev–Trinajstić information content (AvgIpc) is 2.38. The second kappa shape index (κ2) is 7.28. The van der Waals surface area contributed by atoms with Crippen molar-refractivity contribution in [3.05, 3.63) is 27.9 Å². The molecule has 0 unspecified atom stereocenters. The third-order valence-electron chi connectivity index (χ3n) is 2.65. The van der Waals surface area contributed by atoms with Crippen LogP contribution in [0, 0.1) is 28.4 Å². The third kappa shape index (κ3) is 3.89. The molecule has 102 valence electrons. The Morgan fingerprint density at radius 1 is 1.58 bits per heavy atom.